The summed E-state index contributed by atoms with van der Waals surface area (Å²) < 4.78 is 5.91. The van der Waals surface area contributed by atoms with Gasteiger partial charge in [0.1, 0.15) is 11.8 Å². The molecule has 0 spiro atoms. The minimum Gasteiger partial charge on any atom is -0.484 e. The minimum atomic E-state index is -0.736. The van der Waals surface area contributed by atoms with Gasteiger partial charge < -0.3 is 15.0 Å². The lowest BCUT2D eigenvalue weighted by atomic mass is 10.0. The van der Waals surface area contributed by atoms with E-state index in [0.29, 0.717) is 27.8 Å². The van der Waals surface area contributed by atoms with Crippen LogP contribution < -0.4 is 10.1 Å². The first kappa shape index (κ1) is 28.0. The average Bonchev–Trinajstić information content (AvgIpc) is 3.41. The van der Waals surface area contributed by atoms with Crippen LogP contribution in [0.25, 0.3) is 0 Å². The molecule has 7 heteroatoms. The number of ether oxygens (including phenoxy) is 1. The van der Waals surface area contributed by atoms with Crippen LogP contribution in [0.15, 0.2) is 66.7 Å². The van der Waals surface area contributed by atoms with Crippen molar-refractivity contribution in [1.82, 2.24) is 10.2 Å². The van der Waals surface area contributed by atoms with Crippen molar-refractivity contribution in [2.45, 2.75) is 64.6 Å². The van der Waals surface area contributed by atoms with Gasteiger partial charge in [0.05, 0.1) is 0 Å². The molecule has 0 aliphatic heterocycles. The summed E-state index contributed by atoms with van der Waals surface area (Å²) in [5.74, 6) is 0.156. The fourth-order valence-electron chi connectivity index (χ4n) is 4.79. The van der Waals surface area contributed by atoms with E-state index in [2.05, 4.69) is 5.32 Å². The second kappa shape index (κ2) is 13.2. The van der Waals surface area contributed by atoms with Crippen LogP contribution in [0.2, 0.25) is 10.0 Å². The first-order chi connectivity index (χ1) is 18.3. The molecule has 1 unspecified atom stereocenters. The Hall–Kier alpha value is -3.02. The maximum absolute atomic E-state index is 13.8. The molecule has 1 N–H and O–H groups in total. The van der Waals surface area contributed by atoms with Gasteiger partial charge in [-0.3, -0.25) is 9.59 Å². The molecule has 38 heavy (non-hydrogen) atoms. The summed E-state index contributed by atoms with van der Waals surface area (Å²) in [4.78, 5) is 29.1. The van der Waals surface area contributed by atoms with Gasteiger partial charge in [0.25, 0.3) is 5.91 Å². The third kappa shape index (κ3) is 7.52. The summed E-state index contributed by atoms with van der Waals surface area (Å²) in [6, 6.07) is 20.1. The molecule has 1 fully saturated rings. The van der Waals surface area contributed by atoms with Crippen molar-refractivity contribution in [3.05, 3.63) is 99.0 Å². The molecular weight excluding hydrogens is 519 g/mol. The monoisotopic (exact) mass is 552 g/mol. The van der Waals surface area contributed by atoms with Gasteiger partial charge in [0, 0.05) is 29.1 Å². The van der Waals surface area contributed by atoms with Gasteiger partial charge in [-0.05, 0) is 73.2 Å². The van der Waals surface area contributed by atoms with Crippen molar-refractivity contribution in [2.24, 2.45) is 0 Å². The molecule has 0 saturated heterocycles. The third-order valence-electron chi connectivity index (χ3n) is 7.17. The number of hydrogen-bond acceptors (Lipinski definition) is 3. The van der Waals surface area contributed by atoms with Crippen LogP contribution >= 0.6 is 23.2 Å². The fraction of sp³-hybridized carbons (Fsp3) is 0.355. The molecule has 200 valence electrons. The maximum Gasteiger partial charge on any atom is 0.261 e. The second-order valence-corrected chi connectivity index (χ2v) is 10.8. The molecule has 0 aromatic heterocycles. The van der Waals surface area contributed by atoms with E-state index in [9.17, 15) is 9.59 Å². The van der Waals surface area contributed by atoms with Crippen LogP contribution in [0.1, 0.15) is 47.9 Å². The van der Waals surface area contributed by atoms with Crippen LogP contribution in [0, 0.1) is 13.8 Å². The topological polar surface area (TPSA) is 58.6 Å². The largest absolute Gasteiger partial charge is 0.484 e. The number of carbonyl (C=O) groups excluding carboxylic acids is 2. The summed E-state index contributed by atoms with van der Waals surface area (Å²) in [5.41, 5.74) is 3.91. The molecule has 1 aliphatic rings. The van der Waals surface area contributed by atoms with Crippen molar-refractivity contribution >= 4 is 35.0 Å². The van der Waals surface area contributed by atoms with E-state index in [0.717, 1.165) is 42.4 Å². The van der Waals surface area contributed by atoms with Gasteiger partial charge >= 0.3 is 0 Å². The molecule has 4 rings (SSSR count). The van der Waals surface area contributed by atoms with E-state index in [1.165, 1.54) is 0 Å². The van der Waals surface area contributed by atoms with Gasteiger partial charge in [-0.25, -0.2) is 0 Å². The Kier molecular flexibility index (Phi) is 9.70. The summed E-state index contributed by atoms with van der Waals surface area (Å²) in [6.07, 6.45) is 4.48. The lowest BCUT2D eigenvalue weighted by Gasteiger charge is -2.32. The first-order valence-electron chi connectivity index (χ1n) is 13.1. The summed E-state index contributed by atoms with van der Waals surface area (Å²) in [5, 5.41) is 4.16. The molecule has 5 nitrogen and oxygen atoms in total. The van der Waals surface area contributed by atoms with E-state index in [1.807, 2.05) is 62.4 Å². The fourth-order valence-corrected chi connectivity index (χ4v) is 5.25. The highest BCUT2D eigenvalue weighted by molar-refractivity contribution is 6.35. The standard InChI is InChI=1S/C31H34Cl2N2O3/c1-21-12-15-27(16-22(21)2)38-20-30(36)35(19-24-13-14-25(32)18-28(24)33)29(17-23-8-4-3-5-9-23)31(37)34-26-10-6-7-11-26/h3-5,8-9,12-16,18,26,29H,6-7,10-11,17,19-20H2,1-2H3,(H,34,37). The molecule has 3 aromatic carbocycles. The predicted octanol–water partition coefficient (Wildman–Crippen LogP) is 6.69. The number of rotatable bonds is 10. The van der Waals surface area contributed by atoms with Gasteiger partial charge in [-0.15, -0.1) is 0 Å². The van der Waals surface area contributed by atoms with Gasteiger partial charge in [-0.1, -0.05) is 78.5 Å². The van der Waals surface area contributed by atoms with Crippen LogP contribution in [0.4, 0.5) is 0 Å². The minimum absolute atomic E-state index is 0.128. The van der Waals surface area contributed by atoms with E-state index in [4.69, 9.17) is 27.9 Å². The summed E-state index contributed by atoms with van der Waals surface area (Å²) >= 11 is 12.6. The second-order valence-electron chi connectivity index (χ2n) is 9.99. The normalized spacial score (nSPS) is 14.2. The molecule has 1 atom stereocenters. The van der Waals surface area contributed by atoms with E-state index < -0.39 is 6.04 Å². The third-order valence-corrected chi connectivity index (χ3v) is 7.76. The Morgan fingerprint density at radius 3 is 2.39 bits per heavy atom. The Bertz CT molecular complexity index is 1260. The zero-order chi connectivity index (χ0) is 27.1. The zero-order valence-electron chi connectivity index (χ0n) is 21.9. The Balaban J connectivity index is 1.63. The van der Waals surface area contributed by atoms with Gasteiger partial charge in [0.2, 0.25) is 5.91 Å². The number of nitrogens with zero attached hydrogens (tertiary/aromatic N) is 1. The van der Waals surface area contributed by atoms with Crippen molar-refractivity contribution in [3.63, 3.8) is 0 Å². The number of halogens is 2. The lowest BCUT2D eigenvalue weighted by molar-refractivity contribution is -0.143. The van der Waals surface area contributed by atoms with Crippen LogP contribution in [-0.4, -0.2) is 35.4 Å². The number of benzene rings is 3. The Labute approximate surface area is 235 Å². The Morgan fingerprint density at radius 2 is 1.71 bits per heavy atom. The van der Waals surface area contributed by atoms with Gasteiger partial charge in [-0.2, -0.15) is 0 Å². The molecule has 3 aromatic rings. The van der Waals surface area contributed by atoms with Crippen LogP contribution in [-0.2, 0) is 22.6 Å². The van der Waals surface area contributed by atoms with Crippen molar-refractivity contribution < 1.29 is 14.3 Å². The van der Waals surface area contributed by atoms with Crippen molar-refractivity contribution in [1.29, 1.82) is 0 Å². The molecule has 1 saturated carbocycles. The highest BCUT2D eigenvalue weighted by Gasteiger charge is 2.32. The van der Waals surface area contributed by atoms with E-state index in [-0.39, 0.29) is 31.0 Å². The van der Waals surface area contributed by atoms with Crippen molar-refractivity contribution in [2.75, 3.05) is 6.61 Å². The average molecular weight is 554 g/mol. The number of amides is 2. The molecule has 1 aliphatic carbocycles. The molecule has 0 radical (unpaired) electrons. The first-order valence-corrected chi connectivity index (χ1v) is 13.8. The lowest BCUT2D eigenvalue weighted by Crippen LogP contribution is -2.53. The predicted molar refractivity (Wildman–Crippen MR) is 153 cm³/mol. The molecule has 0 heterocycles. The smallest absolute Gasteiger partial charge is 0.261 e. The zero-order valence-corrected chi connectivity index (χ0v) is 23.4. The number of carbonyl (C=O) groups is 2. The van der Waals surface area contributed by atoms with Crippen LogP contribution in [0.3, 0.4) is 0 Å². The molecule has 2 amide bonds. The maximum atomic E-state index is 13.8. The highest BCUT2D eigenvalue weighted by atomic mass is 35.5. The van der Waals surface area contributed by atoms with Crippen LogP contribution in [0.5, 0.6) is 5.75 Å². The molecular formula is C31H34Cl2N2O3. The summed E-state index contributed by atoms with van der Waals surface area (Å²) in [7, 11) is 0. The van der Waals surface area contributed by atoms with Gasteiger partial charge in [0.15, 0.2) is 6.61 Å². The van der Waals surface area contributed by atoms with E-state index >= 15 is 0 Å². The summed E-state index contributed by atoms with van der Waals surface area (Å²) in [6.45, 7) is 3.98. The van der Waals surface area contributed by atoms with Crippen molar-refractivity contribution in [3.8, 4) is 5.75 Å². The highest BCUT2D eigenvalue weighted by Crippen LogP contribution is 2.25. The number of nitrogens with one attached hydrogen (secondary N) is 1. The SMILES string of the molecule is Cc1ccc(OCC(=O)N(Cc2ccc(Cl)cc2Cl)C(Cc2ccccc2)C(=O)NC2CCCC2)cc1C. The Morgan fingerprint density at radius 1 is 0.974 bits per heavy atom. The number of hydrogen-bond donors (Lipinski definition) is 1. The number of aryl methyl sites for hydroxylation is 2. The molecule has 0 bridgehead atoms. The van der Waals surface area contributed by atoms with E-state index in [1.54, 1.807) is 23.1 Å². The quantitative estimate of drug-likeness (QED) is 0.305.